The molecule has 68 heavy (non-hydrogen) atoms. The lowest BCUT2D eigenvalue weighted by Gasteiger charge is -2.45. The van der Waals surface area contributed by atoms with Crippen LogP contribution in [0, 0.1) is 18.2 Å². The summed E-state index contributed by atoms with van der Waals surface area (Å²) < 4.78 is 94.0. The van der Waals surface area contributed by atoms with Crippen LogP contribution in [0.2, 0.25) is 5.02 Å². The highest BCUT2D eigenvalue weighted by atomic mass is 35.5. The summed E-state index contributed by atoms with van der Waals surface area (Å²) in [6, 6.07) is 18.2. The van der Waals surface area contributed by atoms with E-state index in [0.29, 0.717) is 23.7 Å². The third-order valence-electron chi connectivity index (χ3n) is 13.0. The van der Waals surface area contributed by atoms with E-state index in [0.717, 1.165) is 36.8 Å². The first-order valence-corrected chi connectivity index (χ1v) is 22.4. The maximum atomic E-state index is 18.1. The van der Waals surface area contributed by atoms with Crippen molar-refractivity contribution in [3.05, 3.63) is 112 Å². The summed E-state index contributed by atoms with van der Waals surface area (Å²) in [5.41, 5.74) is -1.58. The number of benzene rings is 3. The van der Waals surface area contributed by atoms with E-state index < -0.39 is 51.5 Å². The van der Waals surface area contributed by atoms with Gasteiger partial charge in [0.2, 0.25) is 0 Å². The summed E-state index contributed by atoms with van der Waals surface area (Å²) >= 11 is 7.19. The number of halogens is 5. The number of rotatable bonds is 14. The maximum absolute atomic E-state index is 18.1. The molecule has 4 aliphatic rings. The number of hydrogen-bond donors (Lipinski definition) is 2. The van der Waals surface area contributed by atoms with Gasteiger partial charge in [-0.3, -0.25) is 5.32 Å². The van der Waals surface area contributed by atoms with E-state index >= 15 is 17.6 Å². The number of methoxy groups -OCH3 is 2. The highest BCUT2D eigenvalue weighted by Gasteiger charge is 2.43. The Bertz CT molecular complexity index is 2780. The molecule has 0 spiro atoms. The lowest BCUT2D eigenvalue weighted by molar-refractivity contribution is -0.137. The van der Waals surface area contributed by atoms with Gasteiger partial charge in [0, 0.05) is 30.3 Å². The molecule has 3 fully saturated rings. The highest BCUT2D eigenvalue weighted by molar-refractivity contribution is 6.36. The lowest BCUT2D eigenvalue weighted by atomic mass is 9.72. The van der Waals surface area contributed by atoms with Crippen molar-refractivity contribution < 1.29 is 51.1 Å². The Morgan fingerprint density at radius 3 is 2.26 bits per heavy atom. The summed E-state index contributed by atoms with van der Waals surface area (Å²) in [5.74, 6) is 0.138. The largest absolute Gasteiger partial charge is 0.497 e. The van der Waals surface area contributed by atoms with E-state index in [4.69, 9.17) is 40.3 Å². The standard InChI is InChI=1S/C49H48ClF4N7O7/c1-27-22-35(60(23-29-7-11-31(64-3)12-8-29)24-30-9-13-32(65-4)14-10-30)56-41(38(27)49(52,53)54)36-39(50)43-37-42(40(36)51)57-46(68-26-48-17-15-33(16-18-48)67-25-48)59-45(37)61(20-21-66-43)28(2)34-6-5-19-55-44(34)58-47(62)63/h5-14,19,22,28,33H,15-18,20-21,23-26H2,1-4H3,(H,55,58)(H,62,63)/t28-,33?,48?/m1/s1. The van der Waals surface area contributed by atoms with Crippen molar-refractivity contribution in [2.24, 2.45) is 5.41 Å². The molecule has 3 aromatic heterocycles. The third-order valence-corrected chi connectivity index (χ3v) is 13.4. The first-order chi connectivity index (χ1) is 32.6. The second kappa shape index (κ2) is 18.8. The molecule has 1 amide bonds. The first kappa shape index (κ1) is 46.5. The fourth-order valence-corrected chi connectivity index (χ4v) is 9.72. The van der Waals surface area contributed by atoms with Crippen molar-refractivity contribution in [3.63, 3.8) is 0 Å². The molecule has 2 bridgehead atoms. The minimum Gasteiger partial charge on any atom is -0.497 e. The number of nitrogens with zero attached hydrogens (tertiary/aromatic N) is 6. The second-order valence-electron chi connectivity index (χ2n) is 17.3. The monoisotopic (exact) mass is 957 g/mol. The van der Waals surface area contributed by atoms with Gasteiger partial charge >= 0.3 is 18.3 Å². The van der Waals surface area contributed by atoms with Crippen molar-refractivity contribution in [1.82, 2.24) is 19.9 Å². The van der Waals surface area contributed by atoms with Crippen molar-refractivity contribution in [2.45, 2.75) is 70.9 Å². The molecule has 10 rings (SSSR count). The summed E-state index contributed by atoms with van der Waals surface area (Å²) in [5, 5.41) is 11.5. The second-order valence-corrected chi connectivity index (χ2v) is 17.7. The van der Waals surface area contributed by atoms with Crippen LogP contribution in [0.4, 0.5) is 39.8 Å². The fraction of sp³-hybridized carbons (Fsp3) is 0.367. The molecule has 356 valence electrons. The predicted molar refractivity (Wildman–Crippen MR) is 247 cm³/mol. The number of fused-ring (bicyclic) bond motifs is 3. The zero-order valence-electron chi connectivity index (χ0n) is 37.6. The molecule has 1 atom stereocenters. The molecule has 3 aromatic carbocycles. The van der Waals surface area contributed by atoms with E-state index in [1.807, 2.05) is 24.3 Å². The van der Waals surface area contributed by atoms with Crippen molar-refractivity contribution >= 4 is 46.1 Å². The molecular weight excluding hydrogens is 910 g/mol. The number of nitrogens with one attached hydrogen (secondary N) is 1. The van der Waals surface area contributed by atoms with Gasteiger partial charge in [-0.2, -0.15) is 23.1 Å². The number of hydrogen-bond acceptors (Lipinski definition) is 12. The summed E-state index contributed by atoms with van der Waals surface area (Å²) in [6.45, 7) is 4.04. The van der Waals surface area contributed by atoms with E-state index in [2.05, 4.69) is 20.3 Å². The number of ether oxygens (including phenoxy) is 5. The fourth-order valence-electron chi connectivity index (χ4n) is 9.40. The molecular formula is C49H48ClF4N7O7. The van der Waals surface area contributed by atoms with Gasteiger partial charge in [-0.1, -0.05) is 41.9 Å². The smallest absolute Gasteiger partial charge is 0.418 e. The van der Waals surface area contributed by atoms with Crippen LogP contribution in [0.5, 0.6) is 23.3 Å². The number of carbonyl (C=O) groups is 1. The predicted octanol–water partition coefficient (Wildman–Crippen LogP) is 10.8. The van der Waals surface area contributed by atoms with Crippen LogP contribution in [-0.4, -0.2) is 77.8 Å². The molecule has 1 saturated carbocycles. The van der Waals surface area contributed by atoms with Crippen LogP contribution >= 0.6 is 11.6 Å². The van der Waals surface area contributed by atoms with E-state index in [1.54, 1.807) is 67.3 Å². The number of pyridine rings is 2. The lowest BCUT2D eigenvalue weighted by Crippen LogP contribution is -2.46. The Kier molecular flexibility index (Phi) is 12.8. The van der Waals surface area contributed by atoms with Gasteiger partial charge in [-0.25, -0.2) is 19.2 Å². The van der Waals surface area contributed by atoms with E-state index in [-0.39, 0.29) is 84.5 Å². The Morgan fingerprint density at radius 2 is 1.68 bits per heavy atom. The number of carboxylic acid groups (broad SMARTS) is 1. The van der Waals surface area contributed by atoms with Gasteiger partial charge in [0.1, 0.15) is 41.1 Å². The Balaban J connectivity index is 1.23. The number of alkyl halides is 3. The van der Waals surface area contributed by atoms with Gasteiger partial charge in [0.15, 0.2) is 11.6 Å². The van der Waals surface area contributed by atoms with Crippen LogP contribution in [0.25, 0.3) is 22.2 Å². The Morgan fingerprint density at radius 1 is 1.01 bits per heavy atom. The average Bonchev–Trinajstić information content (AvgIpc) is 3.53. The van der Waals surface area contributed by atoms with Crippen LogP contribution in [0.15, 0.2) is 72.9 Å². The van der Waals surface area contributed by atoms with E-state index in [1.165, 1.54) is 19.2 Å². The number of anilines is 3. The van der Waals surface area contributed by atoms with Crippen molar-refractivity contribution in [3.8, 4) is 34.5 Å². The molecule has 2 saturated heterocycles. The number of amides is 1. The van der Waals surface area contributed by atoms with Crippen LogP contribution in [0.1, 0.15) is 66.5 Å². The van der Waals surface area contributed by atoms with Crippen LogP contribution in [0.3, 0.4) is 0 Å². The molecule has 2 N–H and O–H groups in total. The van der Waals surface area contributed by atoms with Gasteiger partial charge < -0.3 is 38.6 Å². The van der Waals surface area contributed by atoms with Gasteiger partial charge in [-0.05, 0) is 92.6 Å². The molecule has 3 aliphatic heterocycles. The third kappa shape index (κ3) is 9.18. The number of aryl methyl sites for hydroxylation is 1. The Labute approximate surface area is 394 Å². The number of aromatic nitrogens is 4. The normalized spacial score (nSPS) is 18.1. The van der Waals surface area contributed by atoms with Gasteiger partial charge in [-0.15, -0.1) is 0 Å². The zero-order chi connectivity index (χ0) is 47.9. The molecule has 0 radical (unpaired) electrons. The minimum atomic E-state index is -5.02. The average molecular weight is 958 g/mol. The van der Waals surface area contributed by atoms with Crippen LogP contribution in [-0.2, 0) is 24.0 Å². The first-order valence-electron chi connectivity index (χ1n) is 22.1. The van der Waals surface area contributed by atoms with E-state index in [9.17, 15) is 9.90 Å². The quantitative estimate of drug-likeness (QED) is 0.0997. The minimum absolute atomic E-state index is 0.0219. The summed E-state index contributed by atoms with van der Waals surface area (Å²) in [4.78, 5) is 33.7. The molecule has 6 heterocycles. The SMILES string of the molecule is COc1ccc(CN(Cc2ccc(OC)cc2)c2cc(C)c(C(F)(F)F)c(-c3c(Cl)c4c5c(nc(OCC67CCC(CC6)OC7)nc5c3F)N([C@H](C)c3cccnc3NC(=O)O)CCO4)n2)cc1. The molecule has 19 heteroatoms. The van der Waals surface area contributed by atoms with Crippen molar-refractivity contribution in [1.29, 1.82) is 0 Å². The molecule has 0 unspecified atom stereocenters. The van der Waals surface area contributed by atoms with Crippen molar-refractivity contribution in [2.75, 3.05) is 55.7 Å². The summed E-state index contributed by atoms with van der Waals surface area (Å²) in [6.07, 6.45) is -1.34. The maximum Gasteiger partial charge on any atom is 0.418 e. The van der Waals surface area contributed by atoms with Gasteiger partial charge in [0.05, 0.1) is 73.4 Å². The topological polar surface area (TPSA) is 154 Å². The summed E-state index contributed by atoms with van der Waals surface area (Å²) in [7, 11) is 3.10. The Hall–Kier alpha value is -6.66. The molecule has 1 aliphatic carbocycles. The van der Waals surface area contributed by atoms with Crippen LogP contribution < -0.4 is 34.1 Å². The highest BCUT2D eigenvalue weighted by Crippen LogP contribution is 2.52. The zero-order valence-corrected chi connectivity index (χ0v) is 38.4. The molecule has 6 aromatic rings. The van der Waals surface area contributed by atoms with Gasteiger partial charge in [0.25, 0.3) is 0 Å². The molecule has 14 nitrogen and oxygen atoms in total.